The first-order valence-electron chi connectivity index (χ1n) is 19.6. The molecule has 0 radical (unpaired) electrons. The number of nitrogens with zero attached hydrogens (tertiary/aromatic N) is 2. The van der Waals surface area contributed by atoms with E-state index in [0.717, 1.165) is 50.1 Å². The van der Waals surface area contributed by atoms with Crippen LogP contribution < -0.4 is 4.74 Å². The Morgan fingerprint density at radius 3 is 1.87 bits per heavy atom. The summed E-state index contributed by atoms with van der Waals surface area (Å²) < 4.78 is 83.4. The average molecular weight is 610 g/mol. The molecule has 0 amide bonds. The quantitative estimate of drug-likeness (QED) is 0.195. The van der Waals surface area contributed by atoms with Crippen LogP contribution in [0.15, 0.2) is 170 Å². The van der Waals surface area contributed by atoms with Crippen LogP contribution in [0.5, 0.6) is 11.5 Å². The first-order valence-corrected chi connectivity index (χ1v) is 15.1. The average Bonchev–Trinajstić information content (AvgIpc) is 3.23. The van der Waals surface area contributed by atoms with Gasteiger partial charge in [0.25, 0.3) is 0 Å². The summed E-state index contributed by atoms with van der Waals surface area (Å²) in [5.74, 6) is 1.91. The minimum atomic E-state index is -0.634. The van der Waals surface area contributed by atoms with Gasteiger partial charge in [-0.25, -0.2) is 9.97 Å². The fourth-order valence-corrected chi connectivity index (χ4v) is 5.96. The Morgan fingerprint density at radius 2 is 1.09 bits per heavy atom. The van der Waals surface area contributed by atoms with Crippen LogP contribution in [0.4, 0.5) is 0 Å². The van der Waals surface area contributed by atoms with Crippen LogP contribution in [0.25, 0.3) is 78.1 Å². The predicted octanol–water partition coefficient (Wildman–Crippen LogP) is 11.7. The van der Waals surface area contributed by atoms with Gasteiger partial charge in [0, 0.05) is 27.6 Å². The number of ether oxygens (including phenoxy) is 1. The highest BCUT2D eigenvalue weighted by molar-refractivity contribution is 6.04. The lowest BCUT2D eigenvalue weighted by Gasteiger charge is -2.22. The molecule has 0 unspecified atom stereocenters. The van der Waals surface area contributed by atoms with Crippen LogP contribution >= 0.6 is 0 Å². The summed E-state index contributed by atoms with van der Waals surface area (Å²) in [6.45, 7) is 0. The highest BCUT2D eigenvalue weighted by Crippen LogP contribution is 2.47. The number of fused-ring (bicyclic) bond motifs is 2. The summed E-state index contributed by atoms with van der Waals surface area (Å²) in [7, 11) is 0. The molecule has 0 bridgehead atoms. The molecular formula is C44H28N2O. The minimum absolute atomic E-state index is 0.110. The molecule has 0 saturated heterocycles. The Kier molecular flexibility index (Phi) is 4.60. The van der Waals surface area contributed by atoms with Crippen LogP contribution in [0.2, 0.25) is 0 Å². The van der Waals surface area contributed by atoms with Gasteiger partial charge in [-0.05, 0) is 57.5 Å². The normalized spacial score (nSPS) is 14.3. The number of hydrogen-bond acceptors (Lipinski definition) is 3. The lowest BCUT2D eigenvalue weighted by molar-refractivity contribution is 0.487. The first kappa shape index (κ1) is 19.3. The molecule has 0 aliphatic carbocycles. The van der Waals surface area contributed by atoms with Crippen LogP contribution in [0, 0.1) is 0 Å². The molecule has 47 heavy (non-hydrogen) atoms. The van der Waals surface area contributed by atoms with E-state index in [9.17, 15) is 0 Å². The van der Waals surface area contributed by atoms with Gasteiger partial charge in [-0.3, -0.25) is 0 Å². The van der Waals surface area contributed by atoms with Crippen molar-refractivity contribution in [2.45, 2.75) is 0 Å². The Hall–Kier alpha value is -6.32. The highest BCUT2D eigenvalue weighted by atomic mass is 16.5. The maximum Gasteiger partial charge on any atom is 0.160 e. The molecule has 0 saturated carbocycles. The molecule has 0 fully saturated rings. The monoisotopic (exact) mass is 609 g/mol. The summed E-state index contributed by atoms with van der Waals surface area (Å²) in [5, 5.41) is 2.18. The third-order valence-corrected chi connectivity index (χ3v) is 8.26. The number of aromatic nitrogens is 2. The maximum atomic E-state index is 9.05. The van der Waals surface area contributed by atoms with Crippen LogP contribution in [0.3, 0.4) is 0 Å². The van der Waals surface area contributed by atoms with Crippen molar-refractivity contribution in [2.75, 3.05) is 0 Å². The molecule has 1 aliphatic heterocycles. The third kappa shape index (κ3) is 4.95. The second-order valence-electron chi connectivity index (χ2n) is 11.1. The second-order valence-corrected chi connectivity index (χ2v) is 11.1. The van der Waals surface area contributed by atoms with Crippen molar-refractivity contribution in [3.63, 3.8) is 0 Å². The van der Waals surface area contributed by atoms with Gasteiger partial charge in [-0.2, -0.15) is 0 Å². The maximum absolute atomic E-state index is 9.05. The van der Waals surface area contributed by atoms with Crippen LogP contribution in [0.1, 0.15) is 12.3 Å². The van der Waals surface area contributed by atoms with Gasteiger partial charge in [0.2, 0.25) is 0 Å². The van der Waals surface area contributed by atoms with Crippen LogP contribution in [-0.2, 0) is 0 Å². The first-order chi connectivity index (χ1) is 27.0. The number of hydrogen-bond donors (Lipinski definition) is 0. The van der Waals surface area contributed by atoms with Crippen molar-refractivity contribution in [1.29, 1.82) is 0 Å². The van der Waals surface area contributed by atoms with E-state index >= 15 is 0 Å². The lowest BCUT2D eigenvalue weighted by atomic mass is 9.92. The Labute approximate surface area is 286 Å². The molecule has 1 aliphatic rings. The smallest absolute Gasteiger partial charge is 0.160 e. The van der Waals surface area contributed by atoms with E-state index in [1.54, 1.807) is 6.07 Å². The van der Waals surface area contributed by atoms with Crippen molar-refractivity contribution in [1.82, 2.24) is 9.97 Å². The zero-order valence-corrected chi connectivity index (χ0v) is 24.8. The molecule has 8 aromatic rings. The lowest BCUT2D eigenvalue weighted by Crippen LogP contribution is -1.97. The van der Waals surface area contributed by atoms with Crippen molar-refractivity contribution < 1.29 is 17.1 Å². The standard InChI is InChI=1S/C44H28N2O/c1-3-9-29(10-4-1)30-17-21-33(22-18-30)40-28-39(32-11-5-2-6-12-32)45-44(46-40)35-23-19-31(20-24-35)36-25-26-41-38(27-36)37-15-7-13-34-14-8-16-42(47-41)43(34)37/h1-28H/i1D,3D,4D,9D,10D,17D,18D,21D,22D. The molecule has 0 atom stereocenters. The zero-order valence-electron chi connectivity index (χ0n) is 33.8. The summed E-state index contributed by atoms with van der Waals surface area (Å²) in [5.41, 5.74) is 5.15. The van der Waals surface area contributed by atoms with Crippen molar-refractivity contribution in [3.05, 3.63) is 170 Å². The van der Waals surface area contributed by atoms with Crippen molar-refractivity contribution >= 4 is 10.8 Å². The minimum Gasteiger partial charge on any atom is -0.456 e. The van der Waals surface area contributed by atoms with E-state index in [1.165, 1.54) is 0 Å². The molecule has 0 N–H and O–H groups in total. The molecule has 7 aromatic carbocycles. The molecule has 1 aromatic heterocycles. The summed E-state index contributed by atoms with van der Waals surface area (Å²) in [6.07, 6.45) is 0. The van der Waals surface area contributed by atoms with Crippen LogP contribution in [-0.4, -0.2) is 9.97 Å². The summed E-state index contributed by atoms with van der Waals surface area (Å²) >= 11 is 0. The molecule has 0 spiro atoms. The van der Waals surface area contributed by atoms with Gasteiger partial charge < -0.3 is 4.74 Å². The molecule has 220 valence electrons. The SMILES string of the molecule is [2H]c1c([2H])c([2H])c(-c2c([2H])c([2H])c(-c3cc(-c4ccccc4)nc(-c4ccc(-c5ccc6c(c5)-c5cccc7cccc(c57)O6)cc4)n3)c([2H])c2[2H])c([2H])c1[2H]. The van der Waals surface area contributed by atoms with Gasteiger partial charge in [0.1, 0.15) is 11.5 Å². The van der Waals surface area contributed by atoms with E-state index in [1.807, 2.05) is 84.9 Å². The molecule has 2 heterocycles. The van der Waals surface area contributed by atoms with E-state index in [4.69, 9.17) is 27.0 Å². The fourth-order valence-electron chi connectivity index (χ4n) is 5.96. The van der Waals surface area contributed by atoms with Crippen molar-refractivity contribution in [2.24, 2.45) is 0 Å². The van der Waals surface area contributed by atoms with Gasteiger partial charge in [0.15, 0.2) is 5.82 Å². The Balaban J connectivity index is 1.15. The zero-order chi connectivity index (χ0) is 39.0. The fraction of sp³-hybridized carbons (Fsp3) is 0. The number of benzene rings is 7. The Bertz CT molecular complexity index is 2870. The number of rotatable bonds is 5. The topological polar surface area (TPSA) is 35.0 Å². The van der Waals surface area contributed by atoms with Gasteiger partial charge in [0.05, 0.1) is 23.7 Å². The summed E-state index contributed by atoms with van der Waals surface area (Å²) in [4.78, 5) is 9.66. The van der Waals surface area contributed by atoms with Gasteiger partial charge in [-0.1, -0.05) is 145 Å². The van der Waals surface area contributed by atoms with E-state index in [-0.39, 0.29) is 16.8 Å². The van der Waals surface area contributed by atoms with E-state index in [2.05, 4.69) is 24.3 Å². The molecule has 3 nitrogen and oxygen atoms in total. The third-order valence-electron chi connectivity index (χ3n) is 8.26. The van der Waals surface area contributed by atoms with Gasteiger partial charge >= 0.3 is 0 Å². The van der Waals surface area contributed by atoms with Crippen molar-refractivity contribution in [3.8, 4) is 78.8 Å². The van der Waals surface area contributed by atoms with E-state index in [0.29, 0.717) is 17.1 Å². The second kappa shape index (κ2) is 11.2. The molecular weight excluding hydrogens is 572 g/mol. The molecule has 3 heteroatoms. The largest absolute Gasteiger partial charge is 0.456 e. The molecule has 9 rings (SSSR count). The van der Waals surface area contributed by atoms with E-state index < -0.39 is 59.9 Å². The predicted molar refractivity (Wildman–Crippen MR) is 192 cm³/mol. The van der Waals surface area contributed by atoms with Gasteiger partial charge in [-0.15, -0.1) is 0 Å². The summed E-state index contributed by atoms with van der Waals surface area (Å²) in [6, 6.07) is 31.9. The highest BCUT2D eigenvalue weighted by Gasteiger charge is 2.20. The Morgan fingerprint density at radius 1 is 0.426 bits per heavy atom.